The number of likely N-dealkylation sites (tertiary alicyclic amines) is 1. The quantitative estimate of drug-likeness (QED) is 0.617. The number of halogens is 1. The summed E-state index contributed by atoms with van der Waals surface area (Å²) < 4.78 is 0. The van der Waals surface area contributed by atoms with Crippen LogP contribution < -0.4 is 0 Å². The number of hydrogen-bond donors (Lipinski definition) is 0. The summed E-state index contributed by atoms with van der Waals surface area (Å²) in [6, 6.07) is 0. The Bertz CT molecular complexity index is 128. The highest BCUT2D eigenvalue weighted by Crippen LogP contribution is 2.22. The van der Waals surface area contributed by atoms with Gasteiger partial charge in [-0.15, -0.1) is 11.6 Å². The van der Waals surface area contributed by atoms with Crippen LogP contribution in [0.1, 0.15) is 20.8 Å². The van der Waals surface area contributed by atoms with Crippen molar-refractivity contribution in [1.82, 2.24) is 4.90 Å². The lowest BCUT2D eigenvalue weighted by atomic mass is 10.0. The van der Waals surface area contributed by atoms with E-state index in [2.05, 4.69) is 25.7 Å². The first-order valence-corrected chi connectivity index (χ1v) is 5.45. The summed E-state index contributed by atoms with van der Waals surface area (Å²) in [5.41, 5.74) is 0. The molecule has 0 aromatic carbocycles. The van der Waals surface area contributed by atoms with Gasteiger partial charge in [0.25, 0.3) is 0 Å². The fourth-order valence-electron chi connectivity index (χ4n) is 1.89. The first kappa shape index (κ1) is 10.3. The molecule has 0 amide bonds. The average molecular weight is 190 g/mol. The van der Waals surface area contributed by atoms with Crippen molar-refractivity contribution in [1.29, 1.82) is 0 Å². The maximum absolute atomic E-state index is 5.78. The molecule has 3 unspecified atom stereocenters. The molecule has 0 N–H and O–H groups in total. The summed E-state index contributed by atoms with van der Waals surface area (Å²) in [5.74, 6) is 3.17. The summed E-state index contributed by atoms with van der Waals surface area (Å²) in [6.07, 6.45) is 0. The van der Waals surface area contributed by atoms with E-state index in [1.165, 1.54) is 19.6 Å². The van der Waals surface area contributed by atoms with Gasteiger partial charge in [0.1, 0.15) is 0 Å². The van der Waals surface area contributed by atoms with Gasteiger partial charge in [-0.2, -0.15) is 0 Å². The lowest BCUT2D eigenvalue weighted by Crippen LogP contribution is -2.27. The van der Waals surface area contributed by atoms with Crippen LogP contribution in [0.4, 0.5) is 0 Å². The lowest BCUT2D eigenvalue weighted by Gasteiger charge is -2.18. The molecule has 1 aliphatic rings. The molecule has 3 atom stereocenters. The van der Waals surface area contributed by atoms with Crippen LogP contribution in [0.3, 0.4) is 0 Å². The summed E-state index contributed by atoms with van der Waals surface area (Å²) in [7, 11) is 0. The van der Waals surface area contributed by atoms with Gasteiger partial charge < -0.3 is 4.90 Å². The Morgan fingerprint density at radius 1 is 1.33 bits per heavy atom. The zero-order valence-corrected chi connectivity index (χ0v) is 9.14. The largest absolute Gasteiger partial charge is 0.302 e. The summed E-state index contributed by atoms with van der Waals surface area (Å²) >= 11 is 5.78. The van der Waals surface area contributed by atoms with Gasteiger partial charge in [0.05, 0.1) is 0 Å². The Kier molecular flexibility index (Phi) is 3.85. The van der Waals surface area contributed by atoms with Gasteiger partial charge in [0, 0.05) is 25.5 Å². The van der Waals surface area contributed by atoms with Crippen molar-refractivity contribution in [2.45, 2.75) is 20.8 Å². The summed E-state index contributed by atoms with van der Waals surface area (Å²) in [6.45, 7) is 10.6. The highest BCUT2D eigenvalue weighted by atomic mass is 35.5. The van der Waals surface area contributed by atoms with Gasteiger partial charge in [-0.3, -0.25) is 0 Å². The van der Waals surface area contributed by atoms with E-state index in [0.29, 0.717) is 5.92 Å². The highest BCUT2D eigenvalue weighted by molar-refractivity contribution is 6.18. The van der Waals surface area contributed by atoms with E-state index in [4.69, 9.17) is 11.6 Å². The van der Waals surface area contributed by atoms with Crippen LogP contribution in [0.2, 0.25) is 0 Å². The molecule has 1 fully saturated rings. The predicted molar refractivity (Wildman–Crippen MR) is 54.7 cm³/mol. The number of alkyl halides is 1. The molecule has 0 aromatic rings. The zero-order valence-electron chi connectivity index (χ0n) is 8.39. The van der Waals surface area contributed by atoms with Gasteiger partial charge >= 0.3 is 0 Å². The van der Waals surface area contributed by atoms with Crippen LogP contribution in [0, 0.1) is 17.8 Å². The van der Waals surface area contributed by atoms with E-state index in [9.17, 15) is 0 Å². The Morgan fingerprint density at radius 2 is 1.83 bits per heavy atom. The maximum Gasteiger partial charge on any atom is 0.0261 e. The molecule has 0 aromatic heterocycles. The second kappa shape index (κ2) is 4.48. The molecule has 1 rings (SSSR count). The smallest absolute Gasteiger partial charge is 0.0261 e. The van der Waals surface area contributed by atoms with E-state index in [1.54, 1.807) is 0 Å². The molecule has 72 valence electrons. The predicted octanol–water partition coefficient (Wildman–Crippen LogP) is 2.45. The minimum absolute atomic E-state index is 0.643. The van der Waals surface area contributed by atoms with Crippen molar-refractivity contribution in [2.75, 3.05) is 25.5 Å². The van der Waals surface area contributed by atoms with E-state index in [-0.39, 0.29) is 0 Å². The van der Waals surface area contributed by atoms with Crippen LogP contribution in [0.15, 0.2) is 0 Å². The number of hydrogen-bond acceptors (Lipinski definition) is 1. The Labute approximate surface area is 81.1 Å². The monoisotopic (exact) mass is 189 g/mol. The number of rotatable bonds is 3. The van der Waals surface area contributed by atoms with Crippen molar-refractivity contribution < 1.29 is 0 Å². The molecular formula is C10H20ClN. The maximum atomic E-state index is 5.78. The number of nitrogens with zero attached hydrogens (tertiary/aromatic N) is 1. The lowest BCUT2D eigenvalue weighted by molar-refractivity contribution is 0.287. The Hall–Kier alpha value is 0.250. The minimum Gasteiger partial charge on any atom is -0.302 e. The standard InChI is InChI=1S/C10H20ClN/c1-8(4-11)5-12-6-9(2)10(3)7-12/h8-10H,4-7H2,1-3H3. The third-order valence-electron chi connectivity index (χ3n) is 2.90. The SMILES string of the molecule is CC(CCl)CN1CC(C)C(C)C1. The normalized spacial score (nSPS) is 34.0. The van der Waals surface area contributed by atoms with Crippen LogP contribution in [-0.4, -0.2) is 30.4 Å². The molecule has 12 heavy (non-hydrogen) atoms. The summed E-state index contributed by atoms with van der Waals surface area (Å²) in [4.78, 5) is 2.54. The van der Waals surface area contributed by atoms with Crippen molar-refractivity contribution in [2.24, 2.45) is 17.8 Å². The molecule has 0 bridgehead atoms. The van der Waals surface area contributed by atoms with Crippen LogP contribution >= 0.6 is 11.6 Å². The first-order valence-electron chi connectivity index (χ1n) is 4.91. The van der Waals surface area contributed by atoms with E-state index >= 15 is 0 Å². The fraction of sp³-hybridized carbons (Fsp3) is 1.00. The minimum atomic E-state index is 0.643. The molecule has 2 heteroatoms. The van der Waals surface area contributed by atoms with Crippen LogP contribution in [0.25, 0.3) is 0 Å². The van der Waals surface area contributed by atoms with E-state index in [1.807, 2.05) is 0 Å². The van der Waals surface area contributed by atoms with Gasteiger partial charge in [-0.05, 0) is 17.8 Å². The molecule has 1 heterocycles. The van der Waals surface area contributed by atoms with Gasteiger partial charge in [-0.1, -0.05) is 20.8 Å². The molecule has 1 saturated heterocycles. The van der Waals surface area contributed by atoms with Crippen molar-refractivity contribution in [3.8, 4) is 0 Å². The molecule has 1 aliphatic heterocycles. The summed E-state index contributed by atoms with van der Waals surface area (Å²) in [5, 5.41) is 0. The third kappa shape index (κ3) is 2.63. The molecule has 0 spiro atoms. The first-order chi connectivity index (χ1) is 5.63. The van der Waals surface area contributed by atoms with Crippen LogP contribution in [-0.2, 0) is 0 Å². The average Bonchev–Trinajstić information content (AvgIpc) is 2.31. The fourth-order valence-corrected chi connectivity index (χ4v) is 1.99. The van der Waals surface area contributed by atoms with E-state index < -0.39 is 0 Å². The zero-order chi connectivity index (χ0) is 9.14. The Balaban J connectivity index is 2.27. The van der Waals surface area contributed by atoms with Crippen LogP contribution in [0.5, 0.6) is 0 Å². The topological polar surface area (TPSA) is 3.24 Å². The third-order valence-corrected chi connectivity index (χ3v) is 3.42. The van der Waals surface area contributed by atoms with Crippen molar-refractivity contribution >= 4 is 11.6 Å². The van der Waals surface area contributed by atoms with E-state index in [0.717, 1.165) is 17.7 Å². The van der Waals surface area contributed by atoms with Crippen molar-refractivity contribution in [3.05, 3.63) is 0 Å². The molecule has 0 radical (unpaired) electrons. The Morgan fingerprint density at radius 3 is 2.25 bits per heavy atom. The highest BCUT2D eigenvalue weighted by Gasteiger charge is 2.26. The molecule has 0 saturated carbocycles. The second-order valence-electron chi connectivity index (χ2n) is 4.43. The molecule has 0 aliphatic carbocycles. The van der Waals surface area contributed by atoms with Crippen molar-refractivity contribution in [3.63, 3.8) is 0 Å². The molecular weight excluding hydrogens is 170 g/mol. The molecule has 1 nitrogen and oxygen atoms in total. The second-order valence-corrected chi connectivity index (χ2v) is 4.74. The van der Waals surface area contributed by atoms with Gasteiger partial charge in [-0.25, -0.2) is 0 Å². The van der Waals surface area contributed by atoms with Gasteiger partial charge in [0.15, 0.2) is 0 Å². The van der Waals surface area contributed by atoms with Gasteiger partial charge in [0.2, 0.25) is 0 Å².